The summed E-state index contributed by atoms with van der Waals surface area (Å²) >= 11 is 0. The normalized spacial score (nSPS) is 18.9. The fourth-order valence-corrected chi connectivity index (χ4v) is 2.58. The van der Waals surface area contributed by atoms with Gasteiger partial charge >= 0.3 is 0 Å². The molecule has 1 aliphatic heterocycles. The molecule has 2 N–H and O–H groups in total. The van der Waals surface area contributed by atoms with Gasteiger partial charge in [0.2, 0.25) is 0 Å². The Morgan fingerprint density at radius 1 is 1.32 bits per heavy atom. The van der Waals surface area contributed by atoms with Gasteiger partial charge in [-0.05, 0) is 27.8 Å². The highest BCUT2D eigenvalue weighted by atomic mass is 15.3. The van der Waals surface area contributed by atoms with Crippen molar-refractivity contribution in [3.8, 4) is 0 Å². The van der Waals surface area contributed by atoms with Crippen molar-refractivity contribution in [1.82, 2.24) is 25.3 Å². The van der Waals surface area contributed by atoms with Crippen molar-refractivity contribution in [2.75, 3.05) is 39.8 Å². The third-order valence-electron chi connectivity index (χ3n) is 4.17. The molecule has 1 aromatic heterocycles. The molecule has 5 nitrogen and oxygen atoms in total. The Morgan fingerprint density at radius 2 is 2.00 bits per heavy atom. The summed E-state index contributed by atoms with van der Waals surface area (Å²) in [6.45, 7) is 13.3. The molecule has 1 fully saturated rings. The van der Waals surface area contributed by atoms with E-state index in [1.165, 1.54) is 18.7 Å². The molecule has 0 saturated carbocycles. The number of piperazine rings is 1. The highest BCUT2D eigenvalue weighted by molar-refractivity contribution is 5.13. The zero-order valence-corrected chi connectivity index (χ0v) is 12.7. The van der Waals surface area contributed by atoms with Gasteiger partial charge in [0.05, 0.1) is 6.20 Å². The van der Waals surface area contributed by atoms with E-state index in [1.807, 2.05) is 6.20 Å². The quantitative estimate of drug-likeness (QED) is 0.828. The van der Waals surface area contributed by atoms with Gasteiger partial charge < -0.3 is 10.2 Å². The van der Waals surface area contributed by atoms with Gasteiger partial charge in [-0.3, -0.25) is 10.00 Å². The average Bonchev–Trinajstić information content (AvgIpc) is 2.75. The maximum Gasteiger partial charge on any atom is 0.0535 e. The van der Waals surface area contributed by atoms with Crippen LogP contribution in [0.3, 0.4) is 0 Å². The number of aromatic amines is 1. The van der Waals surface area contributed by atoms with Crippen LogP contribution in [0, 0.1) is 6.92 Å². The van der Waals surface area contributed by atoms with Gasteiger partial charge in [0.25, 0.3) is 0 Å². The maximum absolute atomic E-state index is 4.05. The number of nitrogens with zero attached hydrogens (tertiary/aromatic N) is 3. The third-order valence-corrected chi connectivity index (χ3v) is 4.17. The highest BCUT2D eigenvalue weighted by Gasteiger charge is 2.28. The van der Waals surface area contributed by atoms with Gasteiger partial charge in [0.15, 0.2) is 0 Å². The van der Waals surface area contributed by atoms with Gasteiger partial charge in [0, 0.05) is 56.1 Å². The number of hydrogen-bond acceptors (Lipinski definition) is 4. The minimum absolute atomic E-state index is 0.207. The average molecular weight is 265 g/mol. The SMILES string of the molecule is Cc1[nH]ncc1CNCC(C)(C)N1CCN(C)CC1. The summed E-state index contributed by atoms with van der Waals surface area (Å²) in [4.78, 5) is 4.98. The smallest absolute Gasteiger partial charge is 0.0535 e. The third kappa shape index (κ3) is 3.78. The van der Waals surface area contributed by atoms with Gasteiger partial charge in [-0.15, -0.1) is 0 Å². The van der Waals surface area contributed by atoms with E-state index in [0.717, 1.165) is 31.9 Å². The zero-order valence-electron chi connectivity index (χ0n) is 12.7. The second-order valence-electron chi connectivity index (χ2n) is 6.23. The minimum Gasteiger partial charge on any atom is -0.311 e. The van der Waals surface area contributed by atoms with E-state index >= 15 is 0 Å². The van der Waals surface area contributed by atoms with Crippen molar-refractivity contribution < 1.29 is 0 Å². The Morgan fingerprint density at radius 3 is 2.58 bits per heavy atom. The first-order valence-electron chi connectivity index (χ1n) is 7.12. The number of H-pyrrole nitrogens is 1. The number of hydrogen-bond donors (Lipinski definition) is 2. The number of likely N-dealkylation sites (N-methyl/N-ethyl adjacent to an activating group) is 1. The minimum atomic E-state index is 0.207. The van der Waals surface area contributed by atoms with E-state index in [1.54, 1.807) is 0 Å². The first-order valence-corrected chi connectivity index (χ1v) is 7.12. The van der Waals surface area contributed by atoms with Crippen LogP contribution in [0.4, 0.5) is 0 Å². The predicted octanol–water partition coefficient (Wildman–Crippen LogP) is 0.834. The molecule has 2 rings (SSSR count). The number of nitrogens with one attached hydrogen (secondary N) is 2. The van der Waals surface area contributed by atoms with Crippen LogP contribution in [-0.4, -0.2) is 65.3 Å². The van der Waals surface area contributed by atoms with Crippen LogP contribution in [0.25, 0.3) is 0 Å². The Bertz CT molecular complexity index is 390. The summed E-state index contributed by atoms with van der Waals surface area (Å²) in [5, 5.41) is 10.6. The van der Waals surface area contributed by atoms with Gasteiger partial charge in [-0.2, -0.15) is 5.10 Å². The van der Waals surface area contributed by atoms with Gasteiger partial charge in [-0.1, -0.05) is 0 Å². The van der Waals surface area contributed by atoms with E-state index in [4.69, 9.17) is 0 Å². The molecule has 0 unspecified atom stereocenters. The lowest BCUT2D eigenvalue weighted by atomic mass is 10.0. The summed E-state index contributed by atoms with van der Waals surface area (Å²) in [5.41, 5.74) is 2.62. The number of aryl methyl sites for hydroxylation is 1. The molecule has 1 aromatic rings. The fraction of sp³-hybridized carbons (Fsp3) is 0.786. The van der Waals surface area contributed by atoms with Crippen LogP contribution in [0.1, 0.15) is 25.1 Å². The monoisotopic (exact) mass is 265 g/mol. The lowest BCUT2D eigenvalue weighted by molar-refractivity contribution is 0.0618. The highest BCUT2D eigenvalue weighted by Crippen LogP contribution is 2.16. The van der Waals surface area contributed by atoms with Crippen molar-refractivity contribution in [1.29, 1.82) is 0 Å². The second-order valence-corrected chi connectivity index (χ2v) is 6.23. The first-order chi connectivity index (χ1) is 8.99. The fourth-order valence-electron chi connectivity index (χ4n) is 2.58. The zero-order chi connectivity index (χ0) is 13.9. The molecule has 0 radical (unpaired) electrons. The van der Waals surface area contributed by atoms with Crippen molar-refractivity contribution in [2.24, 2.45) is 0 Å². The molecule has 0 amide bonds. The van der Waals surface area contributed by atoms with Crippen molar-refractivity contribution in [2.45, 2.75) is 32.9 Å². The number of aromatic nitrogens is 2. The van der Waals surface area contributed by atoms with Crippen LogP contribution < -0.4 is 5.32 Å². The molecule has 5 heteroatoms. The van der Waals surface area contributed by atoms with E-state index in [0.29, 0.717) is 0 Å². The van der Waals surface area contributed by atoms with E-state index < -0.39 is 0 Å². The molecule has 0 spiro atoms. The molecule has 1 aliphatic rings. The number of rotatable bonds is 5. The molecular formula is C14H27N5. The Balaban J connectivity index is 1.79. The second kappa shape index (κ2) is 6.03. The summed E-state index contributed by atoms with van der Waals surface area (Å²) in [6.07, 6.45) is 1.91. The summed E-state index contributed by atoms with van der Waals surface area (Å²) in [5.74, 6) is 0. The largest absolute Gasteiger partial charge is 0.311 e. The van der Waals surface area contributed by atoms with Crippen LogP contribution in [0.5, 0.6) is 0 Å². The van der Waals surface area contributed by atoms with E-state index in [9.17, 15) is 0 Å². The Hall–Kier alpha value is -0.910. The van der Waals surface area contributed by atoms with E-state index in [-0.39, 0.29) is 5.54 Å². The van der Waals surface area contributed by atoms with Gasteiger partial charge in [0.1, 0.15) is 0 Å². The molecular weight excluding hydrogens is 238 g/mol. The van der Waals surface area contributed by atoms with Crippen molar-refractivity contribution in [3.05, 3.63) is 17.5 Å². The molecule has 2 heterocycles. The molecule has 0 atom stereocenters. The molecule has 108 valence electrons. The summed E-state index contributed by atoms with van der Waals surface area (Å²) in [6, 6.07) is 0. The van der Waals surface area contributed by atoms with Crippen LogP contribution in [0.15, 0.2) is 6.20 Å². The van der Waals surface area contributed by atoms with Gasteiger partial charge in [-0.25, -0.2) is 0 Å². The van der Waals surface area contributed by atoms with Crippen molar-refractivity contribution >= 4 is 0 Å². The Labute approximate surface area is 116 Å². The molecule has 1 saturated heterocycles. The molecule has 0 aliphatic carbocycles. The van der Waals surface area contributed by atoms with Crippen LogP contribution >= 0.6 is 0 Å². The maximum atomic E-state index is 4.05. The molecule has 0 bridgehead atoms. The Kier molecular flexibility index (Phi) is 4.60. The first kappa shape index (κ1) is 14.5. The topological polar surface area (TPSA) is 47.2 Å². The van der Waals surface area contributed by atoms with E-state index in [2.05, 4.69) is 53.1 Å². The predicted molar refractivity (Wildman–Crippen MR) is 78.2 cm³/mol. The van der Waals surface area contributed by atoms with Crippen LogP contribution in [0.2, 0.25) is 0 Å². The summed E-state index contributed by atoms with van der Waals surface area (Å²) in [7, 11) is 2.20. The summed E-state index contributed by atoms with van der Waals surface area (Å²) < 4.78 is 0. The lowest BCUT2D eigenvalue weighted by Crippen LogP contribution is -2.57. The molecule has 0 aromatic carbocycles. The van der Waals surface area contributed by atoms with Crippen molar-refractivity contribution in [3.63, 3.8) is 0 Å². The standard InChI is InChI=1S/C14H27N5/c1-12-13(10-16-17-12)9-15-11-14(2,3)19-7-5-18(4)6-8-19/h10,15H,5-9,11H2,1-4H3,(H,16,17). The lowest BCUT2D eigenvalue weighted by Gasteiger charge is -2.43. The van der Waals surface area contributed by atoms with Crippen LogP contribution in [-0.2, 0) is 6.54 Å². The molecule has 19 heavy (non-hydrogen) atoms.